The van der Waals surface area contributed by atoms with Gasteiger partial charge in [-0.1, -0.05) is 0 Å². The van der Waals surface area contributed by atoms with E-state index in [0.717, 1.165) is 70.5 Å². The third-order valence-corrected chi connectivity index (χ3v) is 5.02. The number of rotatable bonds is 9. The van der Waals surface area contributed by atoms with Gasteiger partial charge in [0.05, 0.1) is 26.0 Å². The number of nitrogens with one attached hydrogen (secondary N) is 2. The number of ether oxygens (including phenoxy) is 1. The molecule has 1 fully saturated rings. The molecule has 0 aromatic carbocycles. The second-order valence-corrected chi connectivity index (χ2v) is 7.07. The lowest BCUT2D eigenvalue weighted by Gasteiger charge is -2.26. The van der Waals surface area contributed by atoms with Crippen LogP contribution in [0.5, 0.6) is 0 Å². The Morgan fingerprint density at radius 3 is 2.78 bits per heavy atom. The van der Waals surface area contributed by atoms with Crippen molar-refractivity contribution in [2.24, 2.45) is 4.99 Å². The minimum Gasteiger partial charge on any atom is -0.469 e. The topological polar surface area (TPSA) is 62.0 Å². The van der Waals surface area contributed by atoms with Gasteiger partial charge in [0.15, 0.2) is 5.96 Å². The Kier molecular flexibility index (Phi) is 10.8. The molecule has 0 bridgehead atoms. The van der Waals surface area contributed by atoms with Crippen LogP contribution in [0.2, 0.25) is 0 Å². The van der Waals surface area contributed by atoms with Gasteiger partial charge in [-0.05, 0) is 47.5 Å². The van der Waals surface area contributed by atoms with Crippen LogP contribution in [-0.2, 0) is 17.7 Å². The van der Waals surface area contributed by atoms with Crippen LogP contribution in [0.1, 0.15) is 17.7 Å². The zero-order valence-electron chi connectivity index (χ0n) is 15.6. The van der Waals surface area contributed by atoms with Crippen molar-refractivity contribution in [1.82, 2.24) is 15.5 Å². The highest BCUT2D eigenvalue weighted by molar-refractivity contribution is 14.0. The number of guanidine groups is 1. The lowest BCUT2D eigenvalue weighted by atomic mass is 10.3. The maximum atomic E-state index is 5.39. The van der Waals surface area contributed by atoms with Crippen LogP contribution in [0.4, 0.5) is 0 Å². The third kappa shape index (κ3) is 8.63. The SMILES string of the molecule is I.c1coc(CCNC(=NCc2ccsc2)NCCCN2CCOCC2)c1. The van der Waals surface area contributed by atoms with E-state index in [-0.39, 0.29) is 24.0 Å². The number of nitrogens with zero attached hydrogens (tertiary/aromatic N) is 2. The van der Waals surface area contributed by atoms with Gasteiger partial charge < -0.3 is 19.8 Å². The summed E-state index contributed by atoms with van der Waals surface area (Å²) in [6, 6.07) is 6.04. The number of aliphatic imine (C=N–C) groups is 1. The van der Waals surface area contributed by atoms with E-state index in [4.69, 9.17) is 14.1 Å². The molecule has 0 aliphatic carbocycles. The van der Waals surface area contributed by atoms with E-state index >= 15 is 0 Å². The molecular formula is C19H29IN4O2S. The fourth-order valence-corrected chi connectivity index (χ4v) is 3.48. The van der Waals surface area contributed by atoms with Crippen LogP contribution in [0.25, 0.3) is 0 Å². The van der Waals surface area contributed by atoms with Gasteiger partial charge in [0.1, 0.15) is 5.76 Å². The number of hydrogen-bond acceptors (Lipinski definition) is 5. The summed E-state index contributed by atoms with van der Waals surface area (Å²) >= 11 is 1.71. The Bertz CT molecular complexity index is 628. The predicted molar refractivity (Wildman–Crippen MR) is 121 cm³/mol. The summed E-state index contributed by atoms with van der Waals surface area (Å²) in [5.74, 6) is 1.85. The fourth-order valence-electron chi connectivity index (χ4n) is 2.82. The van der Waals surface area contributed by atoms with Crippen LogP contribution in [0, 0.1) is 0 Å². The highest BCUT2D eigenvalue weighted by Crippen LogP contribution is 2.07. The minimum atomic E-state index is 0. The van der Waals surface area contributed by atoms with E-state index in [0.29, 0.717) is 6.54 Å². The van der Waals surface area contributed by atoms with Crippen molar-refractivity contribution < 1.29 is 9.15 Å². The van der Waals surface area contributed by atoms with Crippen molar-refractivity contribution in [3.05, 3.63) is 46.5 Å². The third-order valence-electron chi connectivity index (χ3n) is 4.29. The monoisotopic (exact) mass is 504 g/mol. The standard InChI is InChI=1S/C19H28N4O2S.HI/c1-3-18(25-11-1)4-7-21-19(22-15-17-5-14-26-16-17)20-6-2-8-23-9-12-24-13-10-23;/h1,3,5,11,14,16H,2,4,6-10,12-13,15H2,(H2,20,21,22);1H. The van der Waals surface area contributed by atoms with E-state index in [1.807, 2.05) is 12.1 Å². The van der Waals surface area contributed by atoms with Gasteiger partial charge in [0, 0.05) is 32.6 Å². The van der Waals surface area contributed by atoms with Gasteiger partial charge in [-0.25, -0.2) is 4.99 Å². The Morgan fingerprint density at radius 1 is 1.19 bits per heavy atom. The molecule has 0 spiro atoms. The molecule has 0 saturated carbocycles. The van der Waals surface area contributed by atoms with Gasteiger partial charge in [-0.3, -0.25) is 4.90 Å². The van der Waals surface area contributed by atoms with Gasteiger partial charge in [0.2, 0.25) is 0 Å². The Morgan fingerprint density at radius 2 is 2.04 bits per heavy atom. The van der Waals surface area contributed by atoms with Crippen LogP contribution in [0.15, 0.2) is 44.6 Å². The van der Waals surface area contributed by atoms with Gasteiger partial charge in [-0.15, -0.1) is 24.0 Å². The predicted octanol–water partition coefficient (Wildman–Crippen LogP) is 2.96. The van der Waals surface area contributed by atoms with Crippen LogP contribution >= 0.6 is 35.3 Å². The van der Waals surface area contributed by atoms with Crippen LogP contribution < -0.4 is 10.6 Å². The summed E-state index contributed by atoms with van der Waals surface area (Å²) in [5.41, 5.74) is 1.25. The highest BCUT2D eigenvalue weighted by atomic mass is 127. The normalized spacial score (nSPS) is 15.3. The number of morpholine rings is 1. The summed E-state index contributed by atoms with van der Waals surface area (Å²) in [5, 5.41) is 11.1. The maximum absolute atomic E-state index is 5.39. The Hall–Kier alpha value is -1.10. The van der Waals surface area contributed by atoms with Crippen LogP contribution in [-0.4, -0.2) is 56.8 Å². The largest absolute Gasteiger partial charge is 0.469 e. The summed E-state index contributed by atoms with van der Waals surface area (Å²) < 4.78 is 10.8. The smallest absolute Gasteiger partial charge is 0.191 e. The molecule has 3 rings (SSSR count). The molecular weight excluding hydrogens is 475 g/mol. The molecule has 0 radical (unpaired) electrons. The zero-order chi connectivity index (χ0) is 17.9. The first-order chi connectivity index (χ1) is 12.9. The molecule has 1 saturated heterocycles. The molecule has 2 N–H and O–H groups in total. The first-order valence-corrected chi connectivity index (χ1v) is 10.2. The first kappa shape index (κ1) is 22.2. The molecule has 1 aliphatic rings. The second-order valence-electron chi connectivity index (χ2n) is 6.29. The lowest BCUT2D eigenvalue weighted by Crippen LogP contribution is -2.41. The highest BCUT2D eigenvalue weighted by Gasteiger charge is 2.09. The summed E-state index contributed by atoms with van der Waals surface area (Å²) in [4.78, 5) is 7.16. The molecule has 2 aromatic rings. The Labute approximate surface area is 182 Å². The molecule has 3 heterocycles. The van der Waals surface area contributed by atoms with E-state index < -0.39 is 0 Å². The zero-order valence-corrected chi connectivity index (χ0v) is 18.7. The molecule has 2 aromatic heterocycles. The molecule has 150 valence electrons. The van der Waals surface area contributed by atoms with E-state index in [1.165, 1.54) is 5.56 Å². The number of thiophene rings is 1. The van der Waals surface area contributed by atoms with Gasteiger partial charge in [-0.2, -0.15) is 11.3 Å². The number of hydrogen-bond donors (Lipinski definition) is 2. The average molecular weight is 504 g/mol. The van der Waals surface area contributed by atoms with Crippen molar-refractivity contribution in [2.75, 3.05) is 45.9 Å². The fraction of sp³-hybridized carbons (Fsp3) is 0.526. The van der Waals surface area contributed by atoms with E-state index in [2.05, 4.69) is 32.4 Å². The van der Waals surface area contributed by atoms with Gasteiger partial charge in [0.25, 0.3) is 0 Å². The molecule has 0 atom stereocenters. The minimum absolute atomic E-state index is 0. The molecule has 6 nitrogen and oxygen atoms in total. The van der Waals surface area contributed by atoms with Crippen molar-refractivity contribution in [3.63, 3.8) is 0 Å². The molecule has 27 heavy (non-hydrogen) atoms. The number of furan rings is 1. The molecule has 0 unspecified atom stereocenters. The average Bonchev–Trinajstić information content (AvgIpc) is 3.37. The Balaban J connectivity index is 0.00000261. The molecule has 0 amide bonds. The lowest BCUT2D eigenvalue weighted by molar-refractivity contribution is 0.0376. The van der Waals surface area contributed by atoms with E-state index in [1.54, 1.807) is 17.6 Å². The summed E-state index contributed by atoms with van der Waals surface area (Å²) in [7, 11) is 0. The van der Waals surface area contributed by atoms with Gasteiger partial charge >= 0.3 is 0 Å². The quantitative estimate of drug-likeness (QED) is 0.238. The van der Waals surface area contributed by atoms with E-state index in [9.17, 15) is 0 Å². The van der Waals surface area contributed by atoms with Crippen molar-refractivity contribution in [2.45, 2.75) is 19.4 Å². The van der Waals surface area contributed by atoms with Crippen molar-refractivity contribution in [1.29, 1.82) is 0 Å². The second kappa shape index (κ2) is 13.1. The van der Waals surface area contributed by atoms with Crippen LogP contribution in [0.3, 0.4) is 0 Å². The van der Waals surface area contributed by atoms with Crippen molar-refractivity contribution >= 4 is 41.3 Å². The summed E-state index contributed by atoms with van der Waals surface area (Å²) in [6.45, 7) is 7.30. The first-order valence-electron chi connectivity index (χ1n) is 9.26. The molecule has 8 heteroatoms. The number of halogens is 1. The summed E-state index contributed by atoms with van der Waals surface area (Å²) in [6.07, 6.45) is 3.65. The maximum Gasteiger partial charge on any atom is 0.191 e. The molecule has 1 aliphatic heterocycles. The van der Waals surface area contributed by atoms with Crippen molar-refractivity contribution in [3.8, 4) is 0 Å².